The largest absolute Gasteiger partial charge is 0.505 e. The van der Waals surface area contributed by atoms with Crippen LogP contribution in [-0.4, -0.2) is 11.4 Å². The summed E-state index contributed by atoms with van der Waals surface area (Å²) < 4.78 is 0. The van der Waals surface area contributed by atoms with Crippen LogP contribution in [0.3, 0.4) is 0 Å². The number of allylic oxidation sites excluding steroid dienone is 4. The Kier molecular flexibility index (Phi) is 5.89. The van der Waals surface area contributed by atoms with Gasteiger partial charge in [0.05, 0.1) is 5.69 Å². The highest BCUT2D eigenvalue weighted by molar-refractivity contribution is 8.03. The van der Waals surface area contributed by atoms with Gasteiger partial charge in [-0.1, -0.05) is 42.0 Å². The van der Waals surface area contributed by atoms with E-state index in [0.717, 1.165) is 10.5 Å². The molecule has 2 nitrogen and oxygen atoms in total. The number of rotatable bonds is 4. The Bertz CT molecular complexity index is 507. The average Bonchev–Trinajstić information content (AvgIpc) is 2.38. The maximum atomic E-state index is 10.0. The van der Waals surface area contributed by atoms with E-state index in [-0.39, 0.29) is 5.75 Å². The normalized spacial score (nSPS) is 13.3. The molecule has 0 amide bonds. The van der Waals surface area contributed by atoms with Gasteiger partial charge >= 0.3 is 0 Å². The van der Waals surface area contributed by atoms with Crippen molar-refractivity contribution >= 4 is 34.6 Å². The summed E-state index contributed by atoms with van der Waals surface area (Å²) in [6.45, 7) is 1.95. The van der Waals surface area contributed by atoms with Crippen LogP contribution in [0, 0.1) is 0 Å². The molecule has 18 heavy (non-hydrogen) atoms. The van der Waals surface area contributed by atoms with Gasteiger partial charge in [0, 0.05) is 16.0 Å². The van der Waals surface area contributed by atoms with Crippen molar-refractivity contribution in [3.05, 3.63) is 52.4 Å². The molecule has 0 bridgehead atoms. The van der Waals surface area contributed by atoms with E-state index in [2.05, 4.69) is 0 Å². The zero-order valence-corrected chi connectivity index (χ0v) is 11.9. The predicted molar refractivity (Wildman–Crippen MR) is 82.8 cm³/mol. The molecule has 1 rings (SSSR count). The fraction of sp³-hybridized carbons (Fsp3) is 0.143. The lowest BCUT2D eigenvalue weighted by Crippen LogP contribution is -1.92. The predicted octanol–water partition coefficient (Wildman–Crippen LogP) is 4.38. The number of phenolic OH excluding ortho intramolecular Hbond substituents is 1. The first-order valence-corrected chi connectivity index (χ1v) is 7.07. The lowest BCUT2D eigenvalue weighted by Gasteiger charge is -2.12. The second kappa shape index (κ2) is 7.19. The Morgan fingerprint density at radius 2 is 2.17 bits per heavy atom. The van der Waals surface area contributed by atoms with Crippen LogP contribution in [0.2, 0.25) is 0 Å². The monoisotopic (exact) mass is 281 g/mol. The van der Waals surface area contributed by atoms with E-state index < -0.39 is 0 Å². The topological polar surface area (TPSA) is 46.2 Å². The van der Waals surface area contributed by atoms with Crippen LogP contribution < -0.4 is 5.73 Å². The zero-order valence-electron chi connectivity index (χ0n) is 10.4. The number of nitrogens with two attached hydrogens (primary N) is 1. The molecular formula is C14H16ClNOS. The molecular weight excluding hydrogens is 266 g/mol. The van der Waals surface area contributed by atoms with E-state index in [0.29, 0.717) is 11.3 Å². The average molecular weight is 282 g/mol. The molecule has 96 valence electrons. The van der Waals surface area contributed by atoms with Crippen LogP contribution in [0.15, 0.2) is 46.9 Å². The second-order valence-electron chi connectivity index (χ2n) is 3.50. The van der Waals surface area contributed by atoms with Gasteiger partial charge in [0.1, 0.15) is 5.75 Å². The summed E-state index contributed by atoms with van der Waals surface area (Å²) in [5.41, 5.74) is 9.11. The minimum absolute atomic E-state index is 0.0973. The maximum Gasteiger partial charge on any atom is 0.146 e. The van der Waals surface area contributed by atoms with Crippen molar-refractivity contribution in [3.63, 3.8) is 0 Å². The number of benzene rings is 1. The van der Waals surface area contributed by atoms with Gasteiger partial charge in [-0.05, 0) is 24.8 Å². The highest BCUT2D eigenvalue weighted by Crippen LogP contribution is 2.37. The van der Waals surface area contributed by atoms with Gasteiger partial charge in [-0.15, -0.1) is 11.8 Å². The van der Waals surface area contributed by atoms with E-state index in [4.69, 9.17) is 17.3 Å². The third-order valence-corrected chi connectivity index (χ3v) is 3.48. The van der Waals surface area contributed by atoms with Crippen molar-refractivity contribution in [1.29, 1.82) is 0 Å². The maximum absolute atomic E-state index is 10.0. The molecule has 4 heteroatoms. The smallest absolute Gasteiger partial charge is 0.146 e. The standard InChI is InChI=1S/C14H16ClNOS/c1-3-13(18-2)10(7-5-9-15)11-6-4-8-12(16)14(11)17/h3-9,17H,16H2,1-2H3/b9-5+,10-7-,13-3+. The summed E-state index contributed by atoms with van der Waals surface area (Å²) in [7, 11) is 0. The highest BCUT2D eigenvalue weighted by Gasteiger charge is 2.12. The summed E-state index contributed by atoms with van der Waals surface area (Å²) in [6.07, 6.45) is 7.55. The first kappa shape index (κ1) is 14.7. The number of aromatic hydroxyl groups is 1. The van der Waals surface area contributed by atoms with Crippen LogP contribution >= 0.6 is 23.4 Å². The molecule has 1 aromatic carbocycles. The molecule has 0 spiro atoms. The minimum atomic E-state index is 0.0973. The van der Waals surface area contributed by atoms with E-state index in [1.54, 1.807) is 23.9 Å². The van der Waals surface area contributed by atoms with E-state index in [1.165, 1.54) is 5.54 Å². The number of hydrogen-bond donors (Lipinski definition) is 2. The molecule has 0 unspecified atom stereocenters. The Labute approximate surface area is 117 Å². The SMILES string of the molecule is C\C=C(SC)/C(=C\C=C\Cl)c1cccc(N)c1O. The molecule has 1 aromatic rings. The van der Waals surface area contributed by atoms with Crippen LogP contribution in [0.25, 0.3) is 5.57 Å². The van der Waals surface area contributed by atoms with Gasteiger partial charge in [-0.3, -0.25) is 0 Å². The molecule has 3 N–H and O–H groups in total. The lowest BCUT2D eigenvalue weighted by atomic mass is 10.0. The van der Waals surface area contributed by atoms with E-state index >= 15 is 0 Å². The quantitative estimate of drug-likeness (QED) is 0.489. The first-order valence-electron chi connectivity index (χ1n) is 5.41. The number of thioether (sulfide) groups is 1. The highest BCUT2D eigenvalue weighted by atomic mass is 35.5. The molecule has 0 saturated heterocycles. The van der Waals surface area contributed by atoms with Gasteiger partial charge in [-0.25, -0.2) is 0 Å². The Morgan fingerprint density at radius 1 is 1.44 bits per heavy atom. The van der Waals surface area contributed by atoms with Crippen LogP contribution in [0.5, 0.6) is 5.75 Å². The summed E-state index contributed by atoms with van der Waals surface area (Å²) in [5, 5.41) is 10.0. The van der Waals surface area contributed by atoms with Gasteiger partial charge in [0.15, 0.2) is 0 Å². The van der Waals surface area contributed by atoms with Crippen LogP contribution in [-0.2, 0) is 0 Å². The van der Waals surface area contributed by atoms with Gasteiger partial charge < -0.3 is 10.8 Å². The number of para-hydroxylation sites is 1. The Hall–Kier alpha value is -1.32. The number of hydrogen-bond acceptors (Lipinski definition) is 3. The van der Waals surface area contributed by atoms with Crippen molar-refractivity contribution in [2.75, 3.05) is 12.0 Å². The Morgan fingerprint density at radius 3 is 2.72 bits per heavy atom. The van der Waals surface area contributed by atoms with Crippen molar-refractivity contribution < 1.29 is 5.11 Å². The molecule has 0 aliphatic heterocycles. The molecule has 0 atom stereocenters. The van der Waals surface area contributed by atoms with E-state index in [9.17, 15) is 5.11 Å². The lowest BCUT2D eigenvalue weighted by molar-refractivity contribution is 0.476. The minimum Gasteiger partial charge on any atom is -0.505 e. The number of phenols is 1. The number of halogens is 1. The third kappa shape index (κ3) is 3.34. The molecule has 0 aliphatic rings. The fourth-order valence-electron chi connectivity index (χ4n) is 1.60. The molecule has 0 aromatic heterocycles. The van der Waals surface area contributed by atoms with E-state index in [1.807, 2.05) is 37.5 Å². The molecule has 0 saturated carbocycles. The van der Waals surface area contributed by atoms with Gasteiger partial charge in [-0.2, -0.15) is 0 Å². The molecule has 0 fully saturated rings. The van der Waals surface area contributed by atoms with Crippen molar-refractivity contribution in [1.82, 2.24) is 0 Å². The second-order valence-corrected chi connectivity index (χ2v) is 4.60. The van der Waals surface area contributed by atoms with Crippen LogP contribution in [0.4, 0.5) is 5.69 Å². The molecule has 0 heterocycles. The summed E-state index contributed by atoms with van der Waals surface area (Å²) in [6, 6.07) is 5.32. The van der Waals surface area contributed by atoms with Crippen LogP contribution in [0.1, 0.15) is 12.5 Å². The van der Waals surface area contributed by atoms with Gasteiger partial charge in [0.2, 0.25) is 0 Å². The molecule has 0 radical (unpaired) electrons. The number of anilines is 1. The molecule has 0 aliphatic carbocycles. The van der Waals surface area contributed by atoms with Gasteiger partial charge in [0.25, 0.3) is 0 Å². The Balaban J connectivity index is 3.40. The van der Waals surface area contributed by atoms with Crippen molar-refractivity contribution in [3.8, 4) is 5.75 Å². The zero-order chi connectivity index (χ0) is 13.5. The summed E-state index contributed by atoms with van der Waals surface area (Å²) in [5.74, 6) is 0.0973. The summed E-state index contributed by atoms with van der Waals surface area (Å²) in [4.78, 5) is 1.05. The first-order chi connectivity index (χ1) is 8.65. The van der Waals surface area contributed by atoms with Crippen molar-refractivity contribution in [2.24, 2.45) is 0 Å². The summed E-state index contributed by atoms with van der Waals surface area (Å²) >= 11 is 7.16. The van der Waals surface area contributed by atoms with Crippen molar-refractivity contribution in [2.45, 2.75) is 6.92 Å². The third-order valence-electron chi connectivity index (χ3n) is 2.44. The fourth-order valence-corrected chi connectivity index (χ4v) is 2.31. The number of nitrogen functional groups attached to an aromatic ring is 1.